The number of rotatable bonds is 3. The maximum Gasteiger partial charge on any atom is 0.101 e. The van der Waals surface area contributed by atoms with E-state index < -0.39 is 0 Å². The van der Waals surface area contributed by atoms with Crippen molar-refractivity contribution in [2.45, 2.75) is 31.2 Å². The van der Waals surface area contributed by atoms with Crippen molar-refractivity contribution in [3.8, 4) is 6.07 Å². The van der Waals surface area contributed by atoms with Gasteiger partial charge in [0.2, 0.25) is 0 Å². The first-order chi connectivity index (χ1) is 8.19. The molecule has 1 saturated carbocycles. The third kappa shape index (κ3) is 2.54. The van der Waals surface area contributed by atoms with Crippen LogP contribution in [0.4, 0.5) is 5.69 Å². The fraction of sp³-hybridized carbons (Fsp3) is 0.462. The Morgan fingerprint density at radius 3 is 2.71 bits per heavy atom. The van der Waals surface area contributed by atoms with E-state index in [1.54, 1.807) is 18.2 Å². The summed E-state index contributed by atoms with van der Waals surface area (Å²) in [6.45, 7) is 0.588. The van der Waals surface area contributed by atoms with Gasteiger partial charge in [-0.3, -0.25) is 0 Å². The van der Waals surface area contributed by atoms with Gasteiger partial charge in [0.25, 0.3) is 0 Å². The highest BCUT2D eigenvalue weighted by molar-refractivity contribution is 6.30. The molecule has 3 N–H and O–H groups in total. The van der Waals surface area contributed by atoms with Gasteiger partial charge in [0.15, 0.2) is 0 Å². The van der Waals surface area contributed by atoms with E-state index in [0.717, 1.165) is 18.5 Å². The van der Waals surface area contributed by atoms with E-state index in [1.165, 1.54) is 12.8 Å². The average Bonchev–Trinajstić information content (AvgIpc) is 2.79. The van der Waals surface area contributed by atoms with Crippen molar-refractivity contribution in [3.05, 3.63) is 28.8 Å². The summed E-state index contributed by atoms with van der Waals surface area (Å²) in [7, 11) is 0. The van der Waals surface area contributed by atoms with E-state index in [9.17, 15) is 0 Å². The van der Waals surface area contributed by atoms with E-state index in [4.69, 9.17) is 22.6 Å². The monoisotopic (exact) mass is 249 g/mol. The van der Waals surface area contributed by atoms with Gasteiger partial charge in [-0.05, 0) is 31.0 Å². The zero-order chi connectivity index (χ0) is 12.3. The highest BCUT2D eigenvalue weighted by Crippen LogP contribution is 2.34. The second-order valence-electron chi connectivity index (χ2n) is 4.62. The van der Waals surface area contributed by atoms with Crippen LogP contribution in [-0.2, 0) is 0 Å². The van der Waals surface area contributed by atoms with Crippen LogP contribution in [0.1, 0.15) is 31.2 Å². The number of benzene rings is 1. The van der Waals surface area contributed by atoms with Gasteiger partial charge in [-0.2, -0.15) is 5.26 Å². The Labute approximate surface area is 107 Å². The second kappa shape index (κ2) is 4.95. The molecule has 0 unspecified atom stereocenters. The predicted octanol–water partition coefficient (Wildman–Crippen LogP) is 2.90. The van der Waals surface area contributed by atoms with Crippen molar-refractivity contribution in [2.24, 2.45) is 5.73 Å². The maximum atomic E-state index is 9.08. The molecule has 0 heterocycles. The highest BCUT2D eigenvalue weighted by atomic mass is 35.5. The molecule has 1 aromatic rings. The lowest BCUT2D eigenvalue weighted by atomic mass is 9.96. The summed E-state index contributed by atoms with van der Waals surface area (Å²) < 4.78 is 0. The fourth-order valence-electron chi connectivity index (χ4n) is 2.43. The van der Waals surface area contributed by atoms with Crippen LogP contribution < -0.4 is 11.1 Å². The van der Waals surface area contributed by atoms with E-state index in [-0.39, 0.29) is 5.54 Å². The van der Waals surface area contributed by atoms with E-state index in [2.05, 4.69) is 11.4 Å². The van der Waals surface area contributed by atoms with Crippen LogP contribution >= 0.6 is 11.6 Å². The van der Waals surface area contributed by atoms with Gasteiger partial charge >= 0.3 is 0 Å². The molecule has 1 aliphatic carbocycles. The smallest absolute Gasteiger partial charge is 0.101 e. The standard InChI is InChI=1S/C13H16ClN3/c14-11-4-3-10(8-15)12(7-11)17-13(9-16)5-1-2-6-13/h3-4,7,17H,1-2,5-6,9,16H2. The van der Waals surface area contributed by atoms with Gasteiger partial charge in [-0.15, -0.1) is 0 Å². The molecule has 0 radical (unpaired) electrons. The molecule has 0 aliphatic heterocycles. The van der Waals surface area contributed by atoms with Crippen LogP contribution in [0.25, 0.3) is 0 Å². The molecule has 0 atom stereocenters. The van der Waals surface area contributed by atoms with Gasteiger partial charge in [0.05, 0.1) is 11.3 Å². The Morgan fingerprint density at radius 1 is 1.41 bits per heavy atom. The lowest BCUT2D eigenvalue weighted by Crippen LogP contribution is -2.42. The van der Waals surface area contributed by atoms with Crippen molar-refractivity contribution in [2.75, 3.05) is 11.9 Å². The molecular weight excluding hydrogens is 234 g/mol. The number of anilines is 1. The minimum Gasteiger partial charge on any atom is -0.377 e. The van der Waals surface area contributed by atoms with Gasteiger partial charge in [-0.25, -0.2) is 0 Å². The Kier molecular flexibility index (Phi) is 3.56. The molecular formula is C13H16ClN3. The molecule has 0 amide bonds. The number of nitrogens with one attached hydrogen (secondary N) is 1. The lowest BCUT2D eigenvalue weighted by Gasteiger charge is -2.30. The molecule has 4 heteroatoms. The van der Waals surface area contributed by atoms with Crippen LogP contribution in [0.3, 0.4) is 0 Å². The summed E-state index contributed by atoms with van der Waals surface area (Å²) in [5.74, 6) is 0. The zero-order valence-electron chi connectivity index (χ0n) is 9.67. The topological polar surface area (TPSA) is 61.8 Å². The molecule has 0 saturated heterocycles. The van der Waals surface area contributed by atoms with Crippen LogP contribution in [0, 0.1) is 11.3 Å². The number of nitriles is 1. The second-order valence-corrected chi connectivity index (χ2v) is 5.05. The quantitative estimate of drug-likeness (QED) is 0.866. The average molecular weight is 250 g/mol. The highest BCUT2D eigenvalue weighted by Gasteiger charge is 2.32. The third-order valence-electron chi connectivity index (χ3n) is 3.45. The molecule has 2 rings (SSSR count). The molecule has 90 valence electrons. The molecule has 3 nitrogen and oxygen atoms in total. The molecule has 1 aromatic carbocycles. The number of halogens is 1. The third-order valence-corrected chi connectivity index (χ3v) is 3.69. The number of hydrogen-bond acceptors (Lipinski definition) is 3. The van der Waals surface area contributed by atoms with Crippen LogP contribution in [0.15, 0.2) is 18.2 Å². The molecule has 1 fully saturated rings. The van der Waals surface area contributed by atoms with E-state index in [1.807, 2.05) is 0 Å². The Morgan fingerprint density at radius 2 is 2.12 bits per heavy atom. The van der Waals surface area contributed by atoms with Crippen molar-refractivity contribution in [1.29, 1.82) is 5.26 Å². The first-order valence-electron chi connectivity index (χ1n) is 5.87. The van der Waals surface area contributed by atoms with E-state index in [0.29, 0.717) is 17.1 Å². The summed E-state index contributed by atoms with van der Waals surface area (Å²) in [6, 6.07) is 7.45. The van der Waals surface area contributed by atoms with Crippen LogP contribution in [0.2, 0.25) is 5.02 Å². The number of nitrogens with zero attached hydrogens (tertiary/aromatic N) is 1. The molecule has 1 aliphatic rings. The van der Waals surface area contributed by atoms with Crippen molar-refractivity contribution >= 4 is 17.3 Å². The predicted molar refractivity (Wildman–Crippen MR) is 70.0 cm³/mol. The van der Waals surface area contributed by atoms with Crippen molar-refractivity contribution in [1.82, 2.24) is 0 Å². The normalized spacial score (nSPS) is 17.7. The summed E-state index contributed by atoms with van der Waals surface area (Å²) >= 11 is 5.97. The fourth-order valence-corrected chi connectivity index (χ4v) is 2.61. The summed E-state index contributed by atoms with van der Waals surface area (Å²) in [5, 5.41) is 13.1. The Bertz CT molecular complexity index is 444. The SMILES string of the molecule is N#Cc1ccc(Cl)cc1NC1(CN)CCCC1. The largest absolute Gasteiger partial charge is 0.377 e. The Hall–Kier alpha value is -1.24. The first kappa shape index (κ1) is 12.2. The summed E-state index contributed by atoms with van der Waals surface area (Å²) in [6.07, 6.45) is 4.49. The minimum atomic E-state index is -0.0592. The summed E-state index contributed by atoms with van der Waals surface area (Å²) in [5.41, 5.74) is 7.23. The molecule has 17 heavy (non-hydrogen) atoms. The van der Waals surface area contributed by atoms with Crippen LogP contribution in [0.5, 0.6) is 0 Å². The van der Waals surface area contributed by atoms with Gasteiger partial charge in [-0.1, -0.05) is 24.4 Å². The molecule has 0 bridgehead atoms. The molecule has 0 aromatic heterocycles. The number of hydrogen-bond donors (Lipinski definition) is 2. The lowest BCUT2D eigenvalue weighted by molar-refractivity contribution is 0.493. The summed E-state index contributed by atoms with van der Waals surface area (Å²) in [4.78, 5) is 0. The molecule has 0 spiro atoms. The van der Waals surface area contributed by atoms with Gasteiger partial charge < -0.3 is 11.1 Å². The Balaban J connectivity index is 2.28. The van der Waals surface area contributed by atoms with E-state index >= 15 is 0 Å². The first-order valence-corrected chi connectivity index (χ1v) is 6.25. The number of nitrogens with two attached hydrogens (primary N) is 1. The van der Waals surface area contributed by atoms with Crippen molar-refractivity contribution in [3.63, 3.8) is 0 Å². The maximum absolute atomic E-state index is 9.08. The van der Waals surface area contributed by atoms with Crippen LogP contribution in [-0.4, -0.2) is 12.1 Å². The van der Waals surface area contributed by atoms with Gasteiger partial charge in [0, 0.05) is 17.1 Å². The van der Waals surface area contributed by atoms with Crippen molar-refractivity contribution < 1.29 is 0 Å². The minimum absolute atomic E-state index is 0.0592. The van der Waals surface area contributed by atoms with Gasteiger partial charge in [0.1, 0.15) is 6.07 Å². The zero-order valence-corrected chi connectivity index (χ0v) is 10.4.